The summed E-state index contributed by atoms with van der Waals surface area (Å²) in [6.07, 6.45) is 2.63. The summed E-state index contributed by atoms with van der Waals surface area (Å²) in [6, 6.07) is 5.49. The summed E-state index contributed by atoms with van der Waals surface area (Å²) in [5.74, 6) is 0. The zero-order valence-electron chi connectivity index (χ0n) is 5.98. The zero-order valence-corrected chi connectivity index (χ0v) is 7.49. The molecule has 0 atom stereocenters. The van der Waals surface area contributed by atoms with Crippen LogP contribution in [0.3, 0.4) is 0 Å². The van der Waals surface area contributed by atoms with Gasteiger partial charge < -0.3 is 0 Å². The van der Waals surface area contributed by atoms with Crippen molar-refractivity contribution in [3.63, 3.8) is 0 Å². The highest BCUT2D eigenvalue weighted by molar-refractivity contribution is 6.34. The minimum atomic E-state index is 0.675. The maximum atomic E-state index is 5.77. The fraction of sp³-hybridized carbons (Fsp3) is 0.111. The van der Waals surface area contributed by atoms with Crippen molar-refractivity contribution in [3.05, 3.63) is 46.5 Å². The maximum absolute atomic E-state index is 5.77. The molecule has 0 saturated carbocycles. The summed E-state index contributed by atoms with van der Waals surface area (Å²) in [4.78, 5) is 0. The zero-order chi connectivity index (χ0) is 8.27. The predicted molar refractivity (Wildman–Crippen MR) is 50.4 cm³/mol. The highest BCUT2D eigenvalue weighted by Crippen LogP contribution is 2.19. The van der Waals surface area contributed by atoms with Crippen LogP contribution in [0.4, 0.5) is 0 Å². The van der Waals surface area contributed by atoms with Gasteiger partial charge in [0.15, 0.2) is 0 Å². The molecule has 0 aliphatic carbocycles. The molecule has 0 nitrogen and oxygen atoms in total. The van der Waals surface area contributed by atoms with Gasteiger partial charge in [0.2, 0.25) is 0 Å². The molecule has 1 aromatic carbocycles. The molecule has 0 heterocycles. The minimum absolute atomic E-state index is 0.675. The lowest BCUT2D eigenvalue weighted by molar-refractivity contribution is 1.28. The molecule has 0 N–H and O–H groups in total. The molecule has 11 heavy (non-hydrogen) atoms. The summed E-state index contributed by atoms with van der Waals surface area (Å²) < 4.78 is 0. The molecule has 0 radical (unpaired) electrons. The molecule has 0 aliphatic heterocycles. The Hall–Kier alpha value is -0.460. The first-order valence-corrected chi connectivity index (χ1v) is 4.04. The fourth-order valence-electron chi connectivity index (χ4n) is 0.895. The van der Waals surface area contributed by atoms with Crippen molar-refractivity contribution in [1.29, 1.82) is 0 Å². The SMILES string of the molecule is C=CCc1cc(Cl)cc(Cl)c1. The van der Waals surface area contributed by atoms with Crippen molar-refractivity contribution in [3.8, 4) is 0 Å². The number of benzene rings is 1. The van der Waals surface area contributed by atoms with Crippen molar-refractivity contribution in [1.82, 2.24) is 0 Å². The molecule has 0 fully saturated rings. The normalized spacial score (nSPS) is 9.64. The molecular weight excluding hydrogens is 179 g/mol. The van der Waals surface area contributed by atoms with Crippen LogP contribution in [0.15, 0.2) is 30.9 Å². The number of hydrogen-bond acceptors (Lipinski definition) is 0. The summed E-state index contributed by atoms with van der Waals surface area (Å²) in [6.45, 7) is 3.63. The van der Waals surface area contributed by atoms with Crippen LogP contribution >= 0.6 is 23.2 Å². The van der Waals surface area contributed by atoms with Crippen molar-refractivity contribution in [2.45, 2.75) is 6.42 Å². The smallest absolute Gasteiger partial charge is 0.0423 e. The van der Waals surface area contributed by atoms with Crippen molar-refractivity contribution >= 4 is 23.2 Å². The van der Waals surface area contributed by atoms with Gasteiger partial charge in [-0.1, -0.05) is 29.3 Å². The maximum Gasteiger partial charge on any atom is 0.0423 e. The van der Waals surface area contributed by atoms with E-state index in [0.29, 0.717) is 10.0 Å². The van der Waals surface area contributed by atoms with E-state index >= 15 is 0 Å². The van der Waals surface area contributed by atoms with E-state index in [1.807, 2.05) is 18.2 Å². The Bertz CT molecular complexity index is 246. The van der Waals surface area contributed by atoms with Crippen LogP contribution in [0.5, 0.6) is 0 Å². The molecule has 0 aromatic heterocycles. The summed E-state index contributed by atoms with van der Waals surface area (Å²) >= 11 is 11.5. The molecule has 0 aliphatic rings. The van der Waals surface area contributed by atoms with E-state index in [1.165, 1.54) is 0 Å². The summed E-state index contributed by atoms with van der Waals surface area (Å²) in [7, 11) is 0. The van der Waals surface area contributed by atoms with E-state index in [0.717, 1.165) is 12.0 Å². The van der Waals surface area contributed by atoms with E-state index in [4.69, 9.17) is 23.2 Å². The van der Waals surface area contributed by atoms with Crippen LogP contribution in [-0.2, 0) is 6.42 Å². The average Bonchev–Trinajstić information content (AvgIpc) is 1.85. The van der Waals surface area contributed by atoms with Crippen LogP contribution in [0.25, 0.3) is 0 Å². The second-order valence-corrected chi connectivity index (χ2v) is 3.14. The molecule has 0 bridgehead atoms. The molecule has 58 valence electrons. The van der Waals surface area contributed by atoms with Gasteiger partial charge in [-0.3, -0.25) is 0 Å². The van der Waals surface area contributed by atoms with E-state index in [9.17, 15) is 0 Å². The van der Waals surface area contributed by atoms with E-state index in [2.05, 4.69) is 6.58 Å². The first-order valence-electron chi connectivity index (χ1n) is 3.28. The predicted octanol–water partition coefficient (Wildman–Crippen LogP) is 3.72. The molecule has 0 saturated heterocycles. The van der Waals surface area contributed by atoms with Crippen LogP contribution in [-0.4, -0.2) is 0 Å². The molecule has 0 amide bonds. The van der Waals surface area contributed by atoms with Gasteiger partial charge in [-0.15, -0.1) is 6.58 Å². The van der Waals surface area contributed by atoms with Crippen LogP contribution in [0.2, 0.25) is 10.0 Å². The quantitative estimate of drug-likeness (QED) is 0.619. The molecule has 2 heteroatoms. The van der Waals surface area contributed by atoms with Gasteiger partial charge in [0.05, 0.1) is 0 Å². The highest BCUT2D eigenvalue weighted by Gasteiger charge is 1.95. The molecule has 0 unspecified atom stereocenters. The van der Waals surface area contributed by atoms with Gasteiger partial charge >= 0.3 is 0 Å². The van der Waals surface area contributed by atoms with E-state index < -0.39 is 0 Å². The van der Waals surface area contributed by atoms with Crippen molar-refractivity contribution < 1.29 is 0 Å². The average molecular weight is 187 g/mol. The van der Waals surface area contributed by atoms with Crippen molar-refractivity contribution in [2.24, 2.45) is 0 Å². The lowest BCUT2D eigenvalue weighted by atomic mass is 10.1. The third-order valence-electron chi connectivity index (χ3n) is 1.30. The standard InChI is InChI=1S/C9H8Cl2/c1-2-3-7-4-8(10)6-9(11)5-7/h2,4-6H,1,3H2. The number of rotatable bonds is 2. The Morgan fingerprint density at radius 3 is 2.18 bits per heavy atom. The van der Waals surface area contributed by atoms with Crippen LogP contribution in [0.1, 0.15) is 5.56 Å². The third-order valence-corrected chi connectivity index (χ3v) is 1.74. The van der Waals surface area contributed by atoms with Gasteiger partial charge in [0, 0.05) is 10.0 Å². The van der Waals surface area contributed by atoms with Crippen molar-refractivity contribution in [2.75, 3.05) is 0 Å². The van der Waals surface area contributed by atoms with Crippen LogP contribution < -0.4 is 0 Å². The van der Waals surface area contributed by atoms with Gasteiger partial charge in [-0.05, 0) is 30.2 Å². The number of allylic oxidation sites excluding steroid dienone is 1. The second kappa shape index (κ2) is 3.80. The number of hydrogen-bond donors (Lipinski definition) is 0. The van der Waals surface area contributed by atoms with Gasteiger partial charge in [-0.2, -0.15) is 0 Å². The van der Waals surface area contributed by atoms with E-state index in [1.54, 1.807) is 6.07 Å². The van der Waals surface area contributed by atoms with Gasteiger partial charge in [0.1, 0.15) is 0 Å². The Morgan fingerprint density at radius 1 is 1.18 bits per heavy atom. The minimum Gasteiger partial charge on any atom is -0.103 e. The first-order chi connectivity index (χ1) is 5.22. The van der Waals surface area contributed by atoms with Gasteiger partial charge in [-0.25, -0.2) is 0 Å². The fourth-order valence-corrected chi connectivity index (χ4v) is 1.47. The monoisotopic (exact) mass is 186 g/mol. The third kappa shape index (κ3) is 2.57. The first kappa shape index (κ1) is 8.63. The summed E-state index contributed by atoms with van der Waals surface area (Å²) in [5.41, 5.74) is 1.09. The Labute approximate surface area is 76.4 Å². The Morgan fingerprint density at radius 2 is 1.73 bits per heavy atom. The Kier molecular flexibility index (Phi) is 2.98. The molecule has 0 spiro atoms. The lowest BCUT2D eigenvalue weighted by Gasteiger charge is -1.98. The van der Waals surface area contributed by atoms with Gasteiger partial charge in [0.25, 0.3) is 0 Å². The van der Waals surface area contributed by atoms with E-state index in [-0.39, 0.29) is 0 Å². The lowest BCUT2D eigenvalue weighted by Crippen LogP contribution is -1.79. The second-order valence-electron chi connectivity index (χ2n) is 2.27. The highest BCUT2D eigenvalue weighted by atomic mass is 35.5. The molecule has 1 rings (SSSR count). The summed E-state index contributed by atoms with van der Waals surface area (Å²) in [5, 5.41) is 1.35. The van der Waals surface area contributed by atoms with Crippen LogP contribution in [0, 0.1) is 0 Å². The largest absolute Gasteiger partial charge is 0.103 e. The Balaban J connectivity index is 2.98. The number of halogens is 2. The topological polar surface area (TPSA) is 0 Å². The molecular formula is C9H8Cl2. The molecule has 1 aromatic rings.